The van der Waals surface area contributed by atoms with E-state index in [0.29, 0.717) is 0 Å². The Bertz CT molecular complexity index is 301. The Hall–Kier alpha value is -1.18. The van der Waals surface area contributed by atoms with Crippen molar-refractivity contribution in [1.82, 2.24) is 0 Å². The Balaban J connectivity index is 2.25. The highest BCUT2D eigenvalue weighted by molar-refractivity contribution is 5.58. The van der Waals surface area contributed by atoms with Crippen LogP contribution in [0.15, 0.2) is 18.2 Å². The monoisotopic (exact) mass is 176 g/mol. The third kappa shape index (κ3) is 1.62. The fourth-order valence-electron chi connectivity index (χ4n) is 1.83. The summed E-state index contributed by atoms with van der Waals surface area (Å²) in [5, 5.41) is 0. The molecule has 0 aromatic heterocycles. The van der Waals surface area contributed by atoms with Gasteiger partial charge in [0.2, 0.25) is 0 Å². The van der Waals surface area contributed by atoms with Gasteiger partial charge in [0, 0.05) is 24.5 Å². The highest BCUT2D eigenvalue weighted by atomic mass is 15.1. The van der Waals surface area contributed by atoms with Crippen molar-refractivity contribution in [2.24, 2.45) is 0 Å². The molecule has 0 saturated carbocycles. The standard InChI is InChI=1S/C11H16N2/c1-9-8-10(4-5-11(9)12)13-6-2-3-7-13/h4-5,8H,2-3,6-7,12H2,1H3. The molecule has 1 aromatic rings. The Kier molecular flexibility index (Phi) is 2.13. The lowest BCUT2D eigenvalue weighted by molar-refractivity contribution is 0.949. The molecule has 0 spiro atoms. The zero-order chi connectivity index (χ0) is 9.26. The summed E-state index contributed by atoms with van der Waals surface area (Å²) in [6, 6.07) is 6.30. The van der Waals surface area contributed by atoms with E-state index in [9.17, 15) is 0 Å². The molecular weight excluding hydrogens is 160 g/mol. The fourth-order valence-corrected chi connectivity index (χ4v) is 1.83. The normalized spacial score (nSPS) is 16.5. The van der Waals surface area contributed by atoms with E-state index in [1.54, 1.807) is 0 Å². The Morgan fingerprint density at radius 2 is 1.92 bits per heavy atom. The van der Waals surface area contributed by atoms with Crippen LogP contribution < -0.4 is 10.6 Å². The van der Waals surface area contributed by atoms with Crippen molar-refractivity contribution in [2.75, 3.05) is 23.7 Å². The van der Waals surface area contributed by atoms with Gasteiger partial charge in [-0.2, -0.15) is 0 Å². The van der Waals surface area contributed by atoms with E-state index >= 15 is 0 Å². The van der Waals surface area contributed by atoms with E-state index in [0.717, 1.165) is 5.69 Å². The minimum Gasteiger partial charge on any atom is -0.399 e. The molecule has 1 aliphatic rings. The number of hydrogen-bond donors (Lipinski definition) is 1. The van der Waals surface area contributed by atoms with Crippen molar-refractivity contribution in [3.8, 4) is 0 Å². The smallest absolute Gasteiger partial charge is 0.0370 e. The molecular formula is C11H16N2. The Labute approximate surface area is 79.4 Å². The topological polar surface area (TPSA) is 29.3 Å². The molecule has 2 rings (SSSR count). The first-order valence-corrected chi connectivity index (χ1v) is 4.88. The lowest BCUT2D eigenvalue weighted by atomic mass is 10.2. The van der Waals surface area contributed by atoms with E-state index < -0.39 is 0 Å². The summed E-state index contributed by atoms with van der Waals surface area (Å²) < 4.78 is 0. The van der Waals surface area contributed by atoms with E-state index in [4.69, 9.17) is 5.73 Å². The predicted molar refractivity (Wildman–Crippen MR) is 57.0 cm³/mol. The number of hydrogen-bond acceptors (Lipinski definition) is 2. The van der Waals surface area contributed by atoms with Crippen LogP contribution in [0, 0.1) is 6.92 Å². The Morgan fingerprint density at radius 1 is 1.23 bits per heavy atom. The van der Waals surface area contributed by atoms with Gasteiger partial charge < -0.3 is 10.6 Å². The second-order valence-corrected chi connectivity index (χ2v) is 3.74. The van der Waals surface area contributed by atoms with Crippen molar-refractivity contribution < 1.29 is 0 Å². The molecule has 0 atom stereocenters. The second-order valence-electron chi connectivity index (χ2n) is 3.74. The van der Waals surface area contributed by atoms with E-state index in [-0.39, 0.29) is 0 Å². The maximum atomic E-state index is 5.77. The number of nitrogen functional groups attached to an aromatic ring is 1. The van der Waals surface area contributed by atoms with E-state index in [1.165, 1.54) is 37.2 Å². The second kappa shape index (κ2) is 3.29. The lowest BCUT2D eigenvalue weighted by Crippen LogP contribution is -2.17. The zero-order valence-corrected chi connectivity index (χ0v) is 8.09. The number of anilines is 2. The van der Waals surface area contributed by atoms with Gasteiger partial charge in [0.1, 0.15) is 0 Å². The average Bonchev–Trinajstić information content (AvgIpc) is 2.62. The molecule has 1 aromatic carbocycles. The summed E-state index contributed by atoms with van der Waals surface area (Å²) in [6.45, 7) is 4.46. The minimum absolute atomic E-state index is 0.892. The first-order chi connectivity index (χ1) is 6.27. The molecule has 2 N–H and O–H groups in total. The van der Waals surface area contributed by atoms with E-state index in [1.807, 2.05) is 6.07 Å². The lowest BCUT2D eigenvalue weighted by Gasteiger charge is -2.18. The van der Waals surface area contributed by atoms with Gasteiger partial charge in [-0.05, 0) is 43.5 Å². The van der Waals surface area contributed by atoms with Gasteiger partial charge >= 0.3 is 0 Å². The summed E-state index contributed by atoms with van der Waals surface area (Å²) in [4.78, 5) is 2.42. The Morgan fingerprint density at radius 3 is 2.54 bits per heavy atom. The van der Waals surface area contributed by atoms with Crippen LogP contribution in [0.1, 0.15) is 18.4 Å². The number of nitrogens with zero attached hydrogens (tertiary/aromatic N) is 1. The van der Waals surface area contributed by atoms with Gasteiger partial charge in [0.05, 0.1) is 0 Å². The van der Waals surface area contributed by atoms with Crippen molar-refractivity contribution in [2.45, 2.75) is 19.8 Å². The fraction of sp³-hybridized carbons (Fsp3) is 0.455. The number of benzene rings is 1. The van der Waals surface area contributed by atoms with Gasteiger partial charge in [-0.25, -0.2) is 0 Å². The van der Waals surface area contributed by atoms with Crippen molar-refractivity contribution in [3.05, 3.63) is 23.8 Å². The van der Waals surface area contributed by atoms with Crippen LogP contribution in [0.25, 0.3) is 0 Å². The predicted octanol–water partition coefficient (Wildman–Crippen LogP) is 2.18. The molecule has 0 unspecified atom stereocenters. The number of nitrogens with two attached hydrogens (primary N) is 1. The van der Waals surface area contributed by atoms with Crippen LogP contribution in [0.3, 0.4) is 0 Å². The van der Waals surface area contributed by atoms with Crippen LogP contribution >= 0.6 is 0 Å². The maximum Gasteiger partial charge on any atom is 0.0370 e. The summed E-state index contributed by atoms with van der Waals surface area (Å²) >= 11 is 0. The molecule has 70 valence electrons. The third-order valence-corrected chi connectivity index (χ3v) is 2.72. The van der Waals surface area contributed by atoms with Crippen molar-refractivity contribution in [3.63, 3.8) is 0 Å². The van der Waals surface area contributed by atoms with E-state index in [2.05, 4.69) is 24.0 Å². The van der Waals surface area contributed by atoms with Crippen LogP contribution in [-0.2, 0) is 0 Å². The molecule has 0 amide bonds. The summed E-state index contributed by atoms with van der Waals surface area (Å²) in [5.74, 6) is 0. The number of aryl methyl sites for hydroxylation is 1. The zero-order valence-electron chi connectivity index (χ0n) is 8.09. The summed E-state index contributed by atoms with van der Waals surface area (Å²) in [5.41, 5.74) is 9.17. The van der Waals surface area contributed by atoms with Crippen LogP contribution in [0.2, 0.25) is 0 Å². The van der Waals surface area contributed by atoms with Crippen LogP contribution in [0.4, 0.5) is 11.4 Å². The van der Waals surface area contributed by atoms with Crippen molar-refractivity contribution in [1.29, 1.82) is 0 Å². The summed E-state index contributed by atoms with van der Waals surface area (Å²) in [6.07, 6.45) is 2.65. The third-order valence-electron chi connectivity index (χ3n) is 2.72. The molecule has 0 aliphatic carbocycles. The van der Waals surface area contributed by atoms with Gasteiger partial charge in [0.15, 0.2) is 0 Å². The average molecular weight is 176 g/mol. The highest BCUT2D eigenvalue weighted by Crippen LogP contribution is 2.23. The van der Waals surface area contributed by atoms with Crippen LogP contribution in [-0.4, -0.2) is 13.1 Å². The molecule has 13 heavy (non-hydrogen) atoms. The van der Waals surface area contributed by atoms with Gasteiger partial charge in [-0.1, -0.05) is 0 Å². The quantitative estimate of drug-likeness (QED) is 0.664. The minimum atomic E-state index is 0.892. The maximum absolute atomic E-state index is 5.77. The van der Waals surface area contributed by atoms with Gasteiger partial charge in [0.25, 0.3) is 0 Å². The van der Waals surface area contributed by atoms with Crippen molar-refractivity contribution >= 4 is 11.4 Å². The molecule has 1 aliphatic heterocycles. The molecule has 2 heteroatoms. The highest BCUT2D eigenvalue weighted by Gasteiger charge is 2.12. The first-order valence-electron chi connectivity index (χ1n) is 4.88. The molecule has 1 heterocycles. The molecule has 2 nitrogen and oxygen atoms in total. The molecule has 1 fully saturated rings. The van der Waals surface area contributed by atoms with Gasteiger partial charge in [-0.3, -0.25) is 0 Å². The SMILES string of the molecule is Cc1cc(N2CCCC2)ccc1N. The molecule has 1 saturated heterocycles. The number of rotatable bonds is 1. The van der Waals surface area contributed by atoms with Crippen LogP contribution in [0.5, 0.6) is 0 Å². The van der Waals surface area contributed by atoms with Gasteiger partial charge in [-0.15, -0.1) is 0 Å². The molecule has 0 bridgehead atoms. The molecule has 0 radical (unpaired) electrons. The largest absolute Gasteiger partial charge is 0.399 e. The first kappa shape index (κ1) is 8.42. The summed E-state index contributed by atoms with van der Waals surface area (Å²) in [7, 11) is 0.